The number of hydrogen-bond donors (Lipinski definition) is 2. The summed E-state index contributed by atoms with van der Waals surface area (Å²) in [5.41, 5.74) is 5.97. The van der Waals surface area contributed by atoms with Gasteiger partial charge >= 0.3 is 5.97 Å². The molecule has 80 valence electrons. The van der Waals surface area contributed by atoms with Gasteiger partial charge in [-0.1, -0.05) is 0 Å². The highest BCUT2D eigenvalue weighted by atomic mass is 16.5. The predicted molar refractivity (Wildman–Crippen MR) is 53.0 cm³/mol. The largest absolute Gasteiger partial charge is 0.451 e. The Kier molecular flexibility index (Phi) is 3.61. The van der Waals surface area contributed by atoms with Crippen LogP contribution in [-0.4, -0.2) is 30.5 Å². The third-order valence-corrected chi connectivity index (χ3v) is 1.61. The molecule has 0 radical (unpaired) electrons. The van der Waals surface area contributed by atoms with Crippen LogP contribution in [0.2, 0.25) is 0 Å². The average molecular weight is 209 g/mol. The number of esters is 1. The average Bonchev–Trinajstić information content (AvgIpc) is 2.26. The Balaban J connectivity index is 2.54. The maximum absolute atomic E-state index is 11.3. The molecule has 0 saturated heterocycles. The highest BCUT2D eigenvalue weighted by molar-refractivity contribution is 5.89. The molecule has 0 aliphatic carbocycles. The van der Waals surface area contributed by atoms with Gasteiger partial charge < -0.3 is 15.8 Å². The van der Waals surface area contributed by atoms with Gasteiger partial charge in [0.15, 0.2) is 6.61 Å². The van der Waals surface area contributed by atoms with Crippen molar-refractivity contribution < 1.29 is 14.3 Å². The molecule has 0 fully saturated rings. The molecule has 6 nitrogen and oxygen atoms in total. The van der Waals surface area contributed by atoms with Crippen LogP contribution < -0.4 is 11.1 Å². The van der Waals surface area contributed by atoms with Crippen molar-refractivity contribution in [2.45, 2.75) is 0 Å². The third-order valence-electron chi connectivity index (χ3n) is 1.61. The summed E-state index contributed by atoms with van der Waals surface area (Å²) in [5.74, 6) is -1.03. The maximum Gasteiger partial charge on any atom is 0.357 e. The number of anilines is 1. The molecule has 1 aromatic heterocycles. The lowest BCUT2D eigenvalue weighted by molar-refractivity contribution is -0.123. The van der Waals surface area contributed by atoms with E-state index < -0.39 is 5.97 Å². The first-order chi connectivity index (χ1) is 7.13. The molecule has 1 amide bonds. The van der Waals surface area contributed by atoms with Gasteiger partial charge in [0.1, 0.15) is 5.69 Å². The smallest absolute Gasteiger partial charge is 0.357 e. The summed E-state index contributed by atoms with van der Waals surface area (Å²) >= 11 is 0. The fraction of sp³-hybridized carbons (Fsp3) is 0.222. The zero-order chi connectivity index (χ0) is 11.3. The summed E-state index contributed by atoms with van der Waals surface area (Å²) in [6.45, 7) is -0.318. The van der Waals surface area contributed by atoms with Crippen molar-refractivity contribution in [1.29, 1.82) is 0 Å². The number of pyridine rings is 1. The van der Waals surface area contributed by atoms with Crippen LogP contribution >= 0.6 is 0 Å². The molecule has 0 aromatic carbocycles. The molecule has 0 aliphatic heterocycles. The van der Waals surface area contributed by atoms with Crippen molar-refractivity contribution in [2.75, 3.05) is 19.4 Å². The van der Waals surface area contributed by atoms with Crippen LogP contribution in [0.1, 0.15) is 10.5 Å². The van der Waals surface area contributed by atoms with Crippen LogP contribution in [0.25, 0.3) is 0 Å². The van der Waals surface area contributed by atoms with Crippen molar-refractivity contribution in [1.82, 2.24) is 10.3 Å². The first-order valence-corrected chi connectivity index (χ1v) is 4.22. The molecule has 0 spiro atoms. The normalized spacial score (nSPS) is 9.40. The molecule has 6 heteroatoms. The number of nitrogens with one attached hydrogen (secondary N) is 1. The highest BCUT2D eigenvalue weighted by Gasteiger charge is 2.09. The lowest BCUT2D eigenvalue weighted by Gasteiger charge is -2.02. The molecule has 0 bridgehead atoms. The Bertz CT molecular complexity index is 361. The zero-order valence-electron chi connectivity index (χ0n) is 8.19. The van der Waals surface area contributed by atoms with Gasteiger partial charge in [0.25, 0.3) is 5.91 Å². The number of amides is 1. The molecule has 15 heavy (non-hydrogen) atoms. The van der Waals surface area contributed by atoms with E-state index in [1.807, 2.05) is 0 Å². The number of nitrogens with zero attached hydrogens (tertiary/aromatic N) is 1. The fourth-order valence-electron chi connectivity index (χ4n) is 0.803. The summed E-state index contributed by atoms with van der Waals surface area (Å²) in [6, 6.07) is 2.96. The predicted octanol–water partition coefficient (Wildman–Crippen LogP) is -0.433. The van der Waals surface area contributed by atoms with E-state index >= 15 is 0 Å². The van der Waals surface area contributed by atoms with Gasteiger partial charge in [-0.05, 0) is 12.1 Å². The molecule has 0 atom stereocenters. The Morgan fingerprint density at radius 3 is 2.80 bits per heavy atom. The molecular weight excluding hydrogens is 198 g/mol. The fourth-order valence-corrected chi connectivity index (χ4v) is 0.803. The molecule has 1 rings (SSSR count). The summed E-state index contributed by atoms with van der Waals surface area (Å²) in [5, 5.41) is 2.32. The lowest BCUT2D eigenvalue weighted by Crippen LogP contribution is -2.25. The van der Waals surface area contributed by atoms with Crippen LogP contribution in [0, 0.1) is 0 Å². The molecular formula is C9H11N3O3. The van der Waals surface area contributed by atoms with Crippen molar-refractivity contribution in [3.63, 3.8) is 0 Å². The molecule has 0 unspecified atom stereocenters. The summed E-state index contributed by atoms with van der Waals surface area (Å²) < 4.78 is 4.67. The van der Waals surface area contributed by atoms with Crippen molar-refractivity contribution >= 4 is 17.6 Å². The molecule has 1 aromatic rings. The first kappa shape index (κ1) is 11.0. The van der Waals surface area contributed by atoms with E-state index in [9.17, 15) is 9.59 Å². The van der Waals surface area contributed by atoms with Gasteiger partial charge in [0, 0.05) is 7.05 Å². The van der Waals surface area contributed by atoms with Gasteiger partial charge in [-0.3, -0.25) is 4.79 Å². The van der Waals surface area contributed by atoms with Crippen LogP contribution in [-0.2, 0) is 9.53 Å². The standard InChI is InChI=1S/C9H11N3O3/c1-11-8(13)5-15-9(14)7-3-2-6(10)4-12-7/h2-4H,5,10H2,1H3,(H,11,13). The van der Waals surface area contributed by atoms with E-state index in [0.29, 0.717) is 5.69 Å². The number of hydrogen-bond acceptors (Lipinski definition) is 5. The van der Waals surface area contributed by atoms with Gasteiger partial charge in [-0.2, -0.15) is 0 Å². The maximum atomic E-state index is 11.3. The van der Waals surface area contributed by atoms with E-state index in [1.54, 1.807) is 0 Å². The number of ether oxygens (including phenoxy) is 1. The second-order valence-electron chi connectivity index (χ2n) is 2.73. The molecule has 3 N–H and O–H groups in total. The second kappa shape index (κ2) is 4.94. The van der Waals surface area contributed by atoms with Gasteiger partial charge in [0.05, 0.1) is 11.9 Å². The summed E-state index contributed by atoms with van der Waals surface area (Å²) in [4.78, 5) is 25.8. The van der Waals surface area contributed by atoms with Crippen LogP contribution in [0.4, 0.5) is 5.69 Å². The zero-order valence-corrected chi connectivity index (χ0v) is 8.19. The third kappa shape index (κ3) is 3.26. The Morgan fingerprint density at radius 1 is 1.53 bits per heavy atom. The minimum absolute atomic E-state index is 0.119. The summed E-state index contributed by atoms with van der Waals surface area (Å²) in [7, 11) is 1.46. The second-order valence-corrected chi connectivity index (χ2v) is 2.73. The number of aromatic nitrogens is 1. The molecule has 1 heterocycles. The Morgan fingerprint density at radius 2 is 2.27 bits per heavy atom. The Labute approximate surface area is 86.4 Å². The lowest BCUT2D eigenvalue weighted by atomic mass is 10.3. The van der Waals surface area contributed by atoms with Gasteiger partial charge in [-0.15, -0.1) is 0 Å². The number of likely N-dealkylation sites (N-methyl/N-ethyl adjacent to an activating group) is 1. The van der Waals surface area contributed by atoms with Crippen LogP contribution in [0.5, 0.6) is 0 Å². The minimum atomic E-state index is -0.654. The highest BCUT2D eigenvalue weighted by Crippen LogP contribution is 2.02. The van der Waals surface area contributed by atoms with Gasteiger partial charge in [0.2, 0.25) is 0 Å². The topological polar surface area (TPSA) is 94.3 Å². The van der Waals surface area contributed by atoms with Gasteiger partial charge in [-0.25, -0.2) is 9.78 Å². The number of nitrogens with two attached hydrogens (primary N) is 1. The quantitative estimate of drug-likeness (QED) is 0.658. The van der Waals surface area contributed by atoms with Crippen LogP contribution in [0.3, 0.4) is 0 Å². The van der Waals surface area contributed by atoms with Crippen molar-refractivity contribution in [3.8, 4) is 0 Å². The first-order valence-electron chi connectivity index (χ1n) is 4.22. The monoisotopic (exact) mass is 209 g/mol. The summed E-state index contributed by atoms with van der Waals surface area (Å²) in [6.07, 6.45) is 1.34. The number of nitrogen functional groups attached to an aromatic ring is 1. The van der Waals surface area contributed by atoms with Crippen molar-refractivity contribution in [3.05, 3.63) is 24.0 Å². The van der Waals surface area contributed by atoms with E-state index in [0.717, 1.165) is 0 Å². The number of carbonyl (C=O) groups excluding carboxylic acids is 2. The van der Waals surface area contributed by atoms with Crippen molar-refractivity contribution in [2.24, 2.45) is 0 Å². The molecule has 0 aliphatic rings. The van der Waals surface area contributed by atoms with E-state index in [1.165, 1.54) is 25.4 Å². The van der Waals surface area contributed by atoms with Crippen LogP contribution in [0.15, 0.2) is 18.3 Å². The van der Waals surface area contributed by atoms with E-state index in [-0.39, 0.29) is 18.2 Å². The SMILES string of the molecule is CNC(=O)COC(=O)c1ccc(N)cn1. The number of carbonyl (C=O) groups is 2. The Hall–Kier alpha value is -2.11. The number of rotatable bonds is 3. The van der Waals surface area contributed by atoms with E-state index in [2.05, 4.69) is 15.0 Å². The minimum Gasteiger partial charge on any atom is -0.451 e. The van der Waals surface area contributed by atoms with E-state index in [4.69, 9.17) is 5.73 Å². The molecule has 0 saturated carbocycles.